The third-order valence-electron chi connectivity index (χ3n) is 6.01. The fraction of sp³-hybridized carbons (Fsp3) is 0.500. The van der Waals surface area contributed by atoms with Crippen molar-refractivity contribution in [1.82, 2.24) is 30.0 Å². The maximum atomic E-state index is 13.7. The molecule has 0 atom stereocenters. The van der Waals surface area contributed by atoms with E-state index in [9.17, 15) is 18.0 Å². The van der Waals surface area contributed by atoms with Crippen LogP contribution in [0.1, 0.15) is 36.0 Å². The van der Waals surface area contributed by atoms with Crippen LogP contribution in [0.2, 0.25) is 0 Å². The molecule has 1 saturated heterocycles. The van der Waals surface area contributed by atoms with Crippen LogP contribution in [0.4, 0.5) is 13.2 Å². The first-order valence-electron chi connectivity index (χ1n) is 10.9. The average molecular weight is 464 g/mol. The maximum Gasteiger partial charge on any atom is 0.436 e. The highest BCUT2D eigenvalue weighted by atomic mass is 19.4. The van der Waals surface area contributed by atoms with E-state index in [0.717, 1.165) is 31.7 Å². The molecule has 11 heteroatoms. The second kappa shape index (κ2) is 9.52. The van der Waals surface area contributed by atoms with Gasteiger partial charge < -0.3 is 19.9 Å². The number of aromatic amines is 1. The van der Waals surface area contributed by atoms with Crippen molar-refractivity contribution in [2.24, 2.45) is 0 Å². The number of likely N-dealkylation sites (tertiary alicyclic amines) is 1. The summed E-state index contributed by atoms with van der Waals surface area (Å²) in [5.74, 6) is 0.872. The molecular formula is C22H27F3N6O2. The molecule has 1 aliphatic heterocycles. The smallest absolute Gasteiger partial charge is 0.436 e. The monoisotopic (exact) mass is 464 g/mol. The van der Waals surface area contributed by atoms with E-state index in [1.807, 2.05) is 25.2 Å². The average Bonchev–Trinajstić information content (AvgIpc) is 3.19. The molecule has 0 aliphatic carbocycles. The summed E-state index contributed by atoms with van der Waals surface area (Å²) in [4.78, 5) is 22.0. The Bertz CT molecular complexity index is 1170. The van der Waals surface area contributed by atoms with E-state index in [1.165, 1.54) is 11.8 Å². The van der Waals surface area contributed by atoms with E-state index in [0.29, 0.717) is 18.6 Å². The van der Waals surface area contributed by atoms with Gasteiger partial charge in [0.1, 0.15) is 17.0 Å². The van der Waals surface area contributed by atoms with Crippen LogP contribution in [0, 0.1) is 0 Å². The quantitative estimate of drug-likeness (QED) is 0.559. The second-order valence-corrected chi connectivity index (χ2v) is 8.17. The SMILES string of the molecule is CNCCN1CCC(n2nc(C(F)(F)F)c3c(=O)[nH]c(Cc4ccccc4OC)nc32)CC1. The van der Waals surface area contributed by atoms with Gasteiger partial charge in [0.25, 0.3) is 5.56 Å². The molecule has 0 amide bonds. The zero-order valence-corrected chi connectivity index (χ0v) is 18.6. The lowest BCUT2D eigenvalue weighted by molar-refractivity contribution is -0.140. The highest BCUT2D eigenvalue weighted by Crippen LogP contribution is 2.34. The van der Waals surface area contributed by atoms with Gasteiger partial charge in [-0.05, 0) is 26.0 Å². The number of aromatic nitrogens is 4. The number of hydrogen-bond acceptors (Lipinski definition) is 6. The van der Waals surface area contributed by atoms with E-state index in [-0.39, 0.29) is 23.9 Å². The van der Waals surface area contributed by atoms with E-state index in [2.05, 4.69) is 25.3 Å². The number of rotatable bonds is 7. The third kappa shape index (κ3) is 4.88. The minimum atomic E-state index is -4.75. The molecule has 0 spiro atoms. The van der Waals surface area contributed by atoms with E-state index >= 15 is 0 Å². The van der Waals surface area contributed by atoms with Crippen molar-refractivity contribution in [3.8, 4) is 5.75 Å². The number of para-hydroxylation sites is 1. The van der Waals surface area contributed by atoms with Gasteiger partial charge in [0.2, 0.25) is 0 Å². The molecule has 1 fully saturated rings. The van der Waals surface area contributed by atoms with Crippen molar-refractivity contribution >= 4 is 11.0 Å². The van der Waals surface area contributed by atoms with Crippen LogP contribution in [-0.2, 0) is 12.6 Å². The Labute approximate surface area is 188 Å². The predicted octanol–water partition coefficient (Wildman–Crippen LogP) is 2.59. The number of alkyl halides is 3. The van der Waals surface area contributed by atoms with Crippen LogP contribution in [0.3, 0.4) is 0 Å². The number of nitrogens with zero attached hydrogens (tertiary/aromatic N) is 4. The number of nitrogens with one attached hydrogen (secondary N) is 2. The Kier molecular flexibility index (Phi) is 6.71. The lowest BCUT2D eigenvalue weighted by Crippen LogP contribution is -2.38. The highest BCUT2D eigenvalue weighted by molar-refractivity contribution is 5.78. The first-order valence-corrected chi connectivity index (χ1v) is 10.9. The second-order valence-electron chi connectivity index (χ2n) is 8.17. The van der Waals surface area contributed by atoms with Crippen molar-refractivity contribution in [1.29, 1.82) is 0 Å². The molecule has 8 nitrogen and oxygen atoms in total. The first-order chi connectivity index (χ1) is 15.8. The van der Waals surface area contributed by atoms with Crippen LogP contribution in [0.25, 0.3) is 11.0 Å². The van der Waals surface area contributed by atoms with Crippen LogP contribution >= 0.6 is 0 Å². The molecule has 4 rings (SSSR count). The van der Waals surface area contributed by atoms with Gasteiger partial charge in [0.05, 0.1) is 13.2 Å². The molecule has 1 aromatic carbocycles. The number of methoxy groups -OCH3 is 1. The van der Waals surface area contributed by atoms with E-state index in [4.69, 9.17) is 4.74 Å². The van der Waals surface area contributed by atoms with Crippen molar-refractivity contribution in [2.45, 2.75) is 31.5 Å². The molecule has 0 bridgehead atoms. The zero-order valence-electron chi connectivity index (χ0n) is 18.6. The van der Waals surface area contributed by atoms with Crippen molar-refractivity contribution in [3.63, 3.8) is 0 Å². The number of hydrogen-bond donors (Lipinski definition) is 2. The molecule has 0 radical (unpaired) electrons. The first kappa shape index (κ1) is 23.2. The maximum absolute atomic E-state index is 13.7. The summed E-state index contributed by atoms with van der Waals surface area (Å²) in [7, 11) is 3.42. The Balaban J connectivity index is 1.73. The van der Waals surface area contributed by atoms with Crippen LogP contribution in [0.5, 0.6) is 5.75 Å². The lowest BCUT2D eigenvalue weighted by atomic mass is 10.1. The summed E-state index contributed by atoms with van der Waals surface area (Å²) in [6.07, 6.45) is -3.28. The van der Waals surface area contributed by atoms with Gasteiger partial charge in [-0.3, -0.25) is 4.79 Å². The Morgan fingerprint density at radius 3 is 2.64 bits per heavy atom. The molecule has 3 aromatic rings. The normalized spacial score (nSPS) is 15.9. The van der Waals surface area contributed by atoms with Crippen molar-refractivity contribution in [2.75, 3.05) is 40.3 Å². The fourth-order valence-electron chi connectivity index (χ4n) is 4.31. The van der Waals surface area contributed by atoms with Crippen molar-refractivity contribution < 1.29 is 17.9 Å². The predicted molar refractivity (Wildman–Crippen MR) is 118 cm³/mol. The number of H-pyrrole nitrogens is 1. The van der Waals surface area contributed by atoms with Gasteiger partial charge in [-0.2, -0.15) is 18.3 Å². The Morgan fingerprint density at radius 2 is 1.97 bits per heavy atom. The number of halogens is 3. The molecule has 0 saturated carbocycles. The zero-order chi connectivity index (χ0) is 23.6. The molecule has 2 aromatic heterocycles. The largest absolute Gasteiger partial charge is 0.496 e. The fourth-order valence-corrected chi connectivity index (χ4v) is 4.31. The third-order valence-corrected chi connectivity index (χ3v) is 6.01. The van der Waals surface area contributed by atoms with E-state index < -0.39 is 22.8 Å². The van der Waals surface area contributed by atoms with Crippen LogP contribution < -0.4 is 15.6 Å². The van der Waals surface area contributed by atoms with Crippen LogP contribution in [-0.4, -0.2) is 65.0 Å². The highest BCUT2D eigenvalue weighted by Gasteiger charge is 2.40. The summed E-state index contributed by atoms with van der Waals surface area (Å²) in [5, 5.41) is 6.46. The van der Waals surface area contributed by atoms with Gasteiger partial charge in [-0.1, -0.05) is 18.2 Å². The van der Waals surface area contributed by atoms with Gasteiger partial charge in [0.15, 0.2) is 11.3 Å². The molecule has 2 N–H and O–H groups in total. The number of likely N-dealkylation sites (N-methyl/N-ethyl adjacent to an activating group) is 1. The Hall–Kier alpha value is -2.92. The lowest BCUT2D eigenvalue weighted by Gasteiger charge is -2.32. The number of piperidine rings is 1. The molecular weight excluding hydrogens is 437 g/mol. The van der Waals surface area contributed by atoms with Crippen molar-refractivity contribution in [3.05, 3.63) is 51.7 Å². The molecule has 0 unspecified atom stereocenters. The van der Waals surface area contributed by atoms with Crippen LogP contribution in [0.15, 0.2) is 29.1 Å². The number of fused-ring (bicyclic) bond motifs is 1. The molecule has 3 heterocycles. The minimum Gasteiger partial charge on any atom is -0.496 e. The summed E-state index contributed by atoms with van der Waals surface area (Å²) in [6.45, 7) is 3.20. The number of ether oxygens (including phenoxy) is 1. The molecule has 33 heavy (non-hydrogen) atoms. The Morgan fingerprint density at radius 1 is 1.24 bits per heavy atom. The summed E-state index contributed by atoms with van der Waals surface area (Å²) in [5.41, 5.74) is -1.28. The van der Waals surface area contributed by atoms with Gasteiger partial charge >= 0.3 is 6.18 Å². The standard InChI is InChI=1S/C22H27F3N6O2/c1-26-9-12-30-10-7-15(8-11-30)31-20-18(19(29-31)22(23,24)25)21(32)28-17(27-20)13-14-5-3-4-6-16(14)33-2/h3-6,15,26H,7-13H2,1-2H3,(H,27,28,32). The summed E-state index contributed by atoms with van der Waals surface area (Å²) >= 11 is 0. The van der Waals surface area contributed by atoms with Gasteiger partial charge in [0, 0.05) is 38.2 Å². The van der Waals surface area contributed by atoms with E-state index in [1.54, 1.807) is 6.07 Å². The van der Waals surface area contributed by atoms with Gasteiger partial charge in [-0.25, -0.2) is 9.67 Å². The molecule has 1 aliphatic rings. The number of benzene rings is 1. The summed E-state index contributed by atoms with van der Waals surface area (Å²) < 4.78 is 47.9. The van der Waals surface area contributed by atoms with Gasteiger partial charge in [-0.15, -0.1) is 0 Å². The minimum absolute atomic E-state index is 0.0235. The topological polar surface area (TPSA) is 88.1 Å². The summed E-state index contributed by atoms with van der Waals surface area (Å²) in [6, 6.07) is 6.97. The molecule has 178 valence electrons.